The summed E-state index contributed by atoms with van der Waals surface area (Å²) in [7, 11) is 0. The van der Waals surface area contributed by atoms with Crippen molar-refractivity contribution in [1.82, 2.24) is 24.8 Å². The van der Waals surface area contributed by atoms with Crippen LogP contribution in [0.1, 0.15) is 39.5 Å². The average molecular weight is 556 g/mol. The van der Waals surface area contributed by atoms with Gasteiger partial charge in [0, 0.05) is 30.8 Å². The fourth-order valence-electron chi connectivity index (χ4n) is 5.02. The summed E-state index contributed by atoms with van der Waals surface area (Å²) in [6.07, 6.45) is -0.912. The Morgan fingerprint density at radius 3 is 2.72 bits per heavy atom. The number of alkyl halides is 2. The minimum absolute atomic E-state index is 0.0192. The van der Waals surface area contributed by atoms with Gasteiger partial charge in [-0.2, -0.15) is 13.9 Å². The van der Waals surface area contributed by atoms with Gasteiger partial charge in [0.05, 0.1) is 46.9 Å². The number of imidazole rings is 1. The molecule has 2 N–H and O–H groups in total. The van der Waals surface area contributed by atoms with Gasteiger partial charge in [-0.15, -0.1) is 0 Å². The van der Waals surface area contributed by atoms with Gasteiger partial charge in [0.25, 0.3) is 5.91 Å². The molecular weight excluding hydrogens is 532 g/mol. The Morgan fingerprint density at radius 2 is 1.95 bits per heavy atom. The van der Waals surface area contributed by atoms with Crippen LogP contribution in [0.5, 0.6) is 5.75 Å². The SMILES string of the molecule is O=C(c1ccc(-c2ccc3nc4c(n3n2)[C@@H](c2ccccc2OC(F)F)NC[C@H]4O)cc1Cl)N1CCOCC1. The first-order chi connectivity index (χ1) is 18.9. The van der Waals surface area contributed by atoms with Crippen molar-refractivity contribution < 1.29 is 28.2 Å². The molecule has 0 bridgehead atoms. The van der Waals surface area contributed by atoms with Crippen molar-refractivity contribution in [2.45, 2.75) is 18.8 Å². The highest BCUT2D eigenvalue weighted by Gasteiger charge is 2.34. The van der Waals surface area contributed by atoms with Gasteiger partial charge in [-0.1, -0.05) is 35.9 Å². The van der Waals surface area contributed by atoms with Crippen molar-refractivity contribution >= 4 is 23.2 Å². The van der Waals surface area contributed by atoms with Crippen LogP contribution in [0.25, 0.3) is 16.9 Å². The number of nitrogens with one attached hydrogen (secondary N) is 1. The Balaban J connectivity index is 1.40. The fraction of sp³-hybridized carbons (Fsp3) is 0.296. The lowest BCUT2D eigenvalue weighted by Gasteiger charge is -2.28. The molecule has 0 unspecified atom stereocenters. The molecule has 4 heterocycles. The number of β-amino-alcohol motifs (C(OH)–C–C–N with tert-alkyl or cyclic N) is 1. The predicted octanol–water partition coefficient (Wildman–Crippen LogP) is 3.85. The van der Waals surface area contributed by atoms with Crippen molar-refractivity contribution in [3.05, 3.63) is 82.1 Å². The van der Waals surface area contributed by atoms with Crippen molar-refractivity contribution in [2.24, 2.45) is 0 Å². The number of carbonyl (C=O) groups is 1. The normalized spacial score (nSPS) is 19.4. The number of amides is 1. The number of aliphatic hydroxyl groups excluding tert-OH is 1. The molecule has 202 valence electrons. The minimum Gasteiger partial charge on any atom is -0.434 e. The Morgan fingerprint density at radius 1 is 1.15 bits per heavy atom. The van der Waals surface area contributed by atoms with Gasteiger partial charge in [-0.05, 0) is 30.3 Å². The number of halogens is 3. The first-order valence-electron chi connectivity index (χ1n) is 12.4. The maximum Gasteiger partial charge on any atom is 0.387 e. The van der Waals surface area contributed by atoms with Crippen LogP contribution in [0, 0.1) is 0 Å². The second kappa shape index (κ2) is 10.5. The van der Waals surface area contributed by atoms with Crippen LogP contribution in [-0.4, -0.2) is 70.0 Å². The Labute approximate surface area is 226 Å². The summed E-state index contributed by atoms with van der Waals surface area (Å²) >= 11 is 6.54. The maximum atomic E-state index is 13.1. The van der Waals surface area contributed by atoms with Crippen LogP contribution in [-0.2, 0) is 4.74 Å². The van der Waals surface area contributed by atoms with Crippen LogP contribution >= 0.6 is 11.6 Å². The van der Waals surface area contributed by atoms with E-state index in [4.69, 9.17) is 26.2 Å². The molecule has 1 amide bonds. The van der Waals surface area contributed by atoms with E-state index in [0.717, 1.165) is 0 Å². The number of hydrogen-bond donors (Lipinski definition) is 2. The van der Waals surface area contributed by atoms with Gasteiger partial charge in [0.1, 0.15) is 11.9 Å². The Bertz CT molecular complexity index is 1540. The van der Waals surface area contributed by atoms with E-state index in [2.05, 4.69) is 10.3 Å². The smallest absolute Gasteiger partial charge is 0.387 e. The van der Waals surface area contributed by atoms with E-state index in [-0.39, 0.29) is 18.2 Å². The number of nitrogens with zero attached hydrogens (tertiary/aromatic N) is 4. The number of benzene rings is 2. The first kappa shape index (κ1) is 25.6. The third-order valence-corrected chi connectivity index (χ3v) is 7.20. The molecule has 4 aromatic rings. The highest BCUT2D eigenvalue weighted by atomic mass is 35.5. The van der Waals surface area contributed by atoms with E-state index in [1.807, 2.05) is 0 Å². The van der Waals surface area contributed by atoms with Crippen LogP contribution in [0.4, 0.5) is 8.78 Å². The molecule has 2 atom stereocenters. The molecule has 9 nitrogen and oxygen atoms in total. The predicted molar refractivity (Wildman–Crippen MR) is 138 cm³/mol. The number of morpholine rings is 1. The number of fused-ring (bicyclic) bond motifs is 3. The fourth-order valence-corrected chi connectivity index (χ4v) is 5.29. The lowest BCUT2D eigenvalue weighted by Crippen LogP contribution is -2.40. The largest absolute Gasteiger partial charge is 0.434 e. The highest BCUT2D eigenvalue weighted by molar-refractivity contribution is 6.34. The zero-order chi connectivity index (χ0) is 27.1. The van der Waals surface area contributed by atoms with Gasteiger partial charge in [0.15, 0.2) is 5.65 Å². The molecule has 0 radical (unpaired) electrons. The van der Waals surface area contributed by atoms with Crippen LogP contribution < -0.4 is 10.1 Å². The van der Waals surface area contributed by atoms with E-state index in [9.17, 15) is 18.7 Å². The second-order valence-corrected chi connectivity index (χ2v) is 9.65. The van der Waals surface area contributed by atoms with Gasteiger partial charge in [-0.25, -0.2) is 9.50 Å². The number of aliphatic hydroxyl groups is 1. The molecule has 1 saturated heterocycles. The summed E-state index contributed by atoms with van der Waals surface area (Å²) in [4.78, 5) is 19.2. The van der Waals surface area contributed by atoms with Gasteiger partial charge < -0.3 is 24.8 Å². The Kier molecular flexibility index (Phi) is 6.90. The molecule has 0 saturated carbocycles. The molecule has 6 rings (SSSR count). The molecule has 2 aromatic carbocycles. The number of hydrogen-bond acceptors (Lipinski definition) is 7. The molecule has 2 aliphatic heterocycles. The molecule has 39 heavy (non-hydrogen) atoms. The number of rotatable bonds is 5. The second-order valence-electron chi connectivity index (χ2n) is 9.24. The molecule has 12 heteroatoms. The summed E-state index contributed by atoms with van der Waals surface area (Å²) in [5.74, 6) is -0.139. The monoisotopic (exact) mass is 555 g/mol. The van der Waals surface area contributed by atoms with Crippen molar-refractivity contribution in [3.8, 4) is 17.0 Å². The summed E-state index contributed by atoms with van der Waals surface area (Å²) in [5, 5.41) is 18.9. The maximum absolute atomic E-state index is 13.1. The topological polar surface area (TPSA) is 101 Å². The molecule has 2 aromatic heterocycles. The summed E-state index contributed by atoms with van der Waals surface area (Å²) in [6, 6.07) is 14.5. The van der Waals surface area contributed by atoms with Crippen molar-refractivity contribution in [1.29, 1.82) is 0 Å². The third-order valence-electron chi connectivity index (χ3n) is 6.88. The lowest BCUT2D eigenvalue weighted by molar-refractivity contribution is -0.0507. The van der Waals surface area contributed by atoms with E-state index in [0.29, 0.717) is 70.7 Å². The van der Waals surface area contributed by atoms with Crippen molar-refractivity contribution in [3.63, 3.8) is 0 Å². The molecule has 1 fully saturated rings. The summed E-state index contributed by atoms with van der Waals surface area (Å²) < 4.78 is 37.9. The lowest BCUT2D eigenvalue weighted by atomic mass is 9.96. The first-order valence-corrected chi connectivity index (χ1v) is 12.8. The molecular formula is C27H24ClF2N5O4. The number of carbonyl (C=O) groups excluding carboxylic acids is 1. The summed E-state index contributed by atoms with van der Waals surface area (Å²) in [5.41, 5.74) is 3.48. The van der Waals surface area contributed by atoms with E-state index < -0.39 is 18.8 Å². The van der Waals surface area contributed by atoms with Crippen LogP contribution in [0.3, 0.4) is 0 Å². The van der Waals surface area contributed by atoms with E-state index in [1.165, 1.54) is 6.07 Å². The summed E-state index contributed by atoms with van der Waals surface area (Å²) in [6.45, 7) is -0.824. The van der Waals surface area contributed by atoms with Crippen molar-refractivity contribution in [2.75, 3.05) is 32.8 Å². The number of para-hydroxylation sites is 1. The molecule has 0 aliphatic carbocycles. The zero-order valence-corrected chi connectivity index (χ0v) is 21.3. The average Bonchev–Trinajstić information content (AvgIpc) is 3.33. The van der Waals surface area contributed by atoms with Gasteiger partial charge >= 0.3 is 6.61 Å². The minimum atomic E-state index is -2.99. The van der Waals surface area contributed by atoms with E-state index in [1.54, 1.807) is 57.9 Å². The zero-order valence-electron chi connectivity index (χ0n) is 20.6. The molecule has 2 aliphatic rings. The van der Waals surface area contributed by atoms with E-state index >= 15 is 0 Å². The van der Waals surface area contributed by atoms with Gasteiger partial charge in [-0.3, -0.25) is 4.79 Å². The third kappa shape index (κ3) is 4.82. The quantitative estimate of drug-likeness (QED) is 0.386. The standard InChI is InChI=1S/C27H24ClF2N5O4/c28-18-13-15(5-6-16(18)26(37)34-9-11-38-12-10-34)19-7-8-22-32-24-20(36)14-31-23(25(24)35(22)33-19)17-3-1-2-4-21(17)39-27(29)30/h1-8,13,20,23,27,31,36H,9-12,14H2/t20-,23-/m1/s1. The highest BCUT2D eigenvalue weighted by Crippen LogP contribution is 2.38. The van der Waals surface area contributed by atoms with Crippen LogP contribution in [0.2, 0.25) is 5.02 Å². The van der Waals surface area contributed by atoms with Gasteiger partial charge in [0.2, 0.25) is 0 Å². The number of aromatic nitrogens is 3. The Hall–Kier alpha value is -3.64. The molecule has 0 spiro atoms. The number of ether oxygens (including phenoxy) is 2. The van der Waals surface area contributed by atoms with Crippen LogP contribution in [0.15, 0.2) is 54.6 Å².